The molecule has 1 aromatic carbocycles. The largest absolute Gasteiger partial charge is 0.382 e. The van der Waals surface area contributed by atoms with Crippen LogP contribution in [0.3, 0.4) is 0 Å². The maximum atomic E-state index is 5.48. The molecule has 3 rings (SSSR count). The fourth-order valence-corrected chi connectivity index (χ4v) is 2.37. The Labute approximate surface area is 102 Å². The molecule has 0 aliphatic carbocycles. The number of benzene rings is 1. The predicted molar refractivity (Wildman–Crippen MR) is 71.6 cm³/mol. The third-order valence-electron chi connectivity index (χ3n) is 2.40. The van der Waals surface area contributed by atoms with Gasteiger partial charge < -0.3 is 11.1 Å². The first-order chi connectivity index (χ1) is 8.31. The zero-order chi connectivity index (χ0) is 11.7. The van der Waals surface area contributed by atoms with Crippen LogP contribution < -0.4 is 11.1 Å². The summed E-state index contributed by atoms with van der Waals surface area (Å²) < 4.78 is 1.28. The Balaban J connectivity index is 1.91. The zero-order valence-electron chi connectivity index (χ0n) is 8.92. The first kappa shape index (κ1) is 10.0. The van der Waals surface area contributed by atoms with E-state index in [1.165, 1.54) is 16.3 Å². The van der Waals surface area contributed by atoms with Crippen LogP contribution in [0.1, 0.15) is 0 Å². The molecular formula is C12H10N4S. The van der Waals surface area contributed by atoms with Crippen LogP contribution in [0.5, 0.6) is 0 Å². The average Bonchev–Trinajstić information content (AvgIpc) is 2.79. The van der Waals surface area contributed by atoms with E-state index >= 15 is 0 Å². The van der Waals surface area contributed by atoms with E-state index in [1.54, 1.807) is 17.5 Å². The Morgan fingerprint density at radius 2 is 2.06 bits per heavy atom. The molecule has 0 bridgehead atoms. The van der Waals surface area contributed by atoms with Crippen molar-refractivity contribution in [1.82, 2.24) is 9.97 Å². The van der Waals surface area contributed by atoms with E-state index in [1.807, 2.05) is 6.07 Å². The van der Waals surface area contributed by atoms with E-state index in [-0.39, 0.29) is 0 Å². The minimum atomic E-state index is 0.420. The van der Waals surface area contributed by atoms with Gasteiger partial charge in [-0.15, -0.1) is 11.3 Å². The number of fused-ring (bicyclic) bond motifs is 1. The first-order valence-corrected chi connectivity index (χ1v) is 6.01. The van der Waals surface area contributed by atoms with Gasteiger partial charge in [0.25, 0.3) is 0 Å². The van der Waals surface area contributed by atoms with Crippen molar-refractivity contribution in [3.05, 3.63) is 42.0 Å². The molecule has 0 unspecified atom stereocenters. The van der Waals surface area contributed by atoms with Gasteiger partial charge in [-0.2, -0.15) is 0 Å². The van der Waals surface area contributed by atoms with Crippen LogP contribution in [0.4, 0.5) is 17.3 Å². The number of hydrogen-bond donors (Lipinski definition) is 2. The van der Waals surface area contributed by atoms with Crippen LogP contribution in [0.25, 0.3) is 10.1 Å². The lowest BCUT2D eigenvalue weighted by atomic mass is 10.2. The molecule has 0 radical (unpaired) electrons. The fraction of sp³-hybridized carbons (Fsp3) is 0. The highest BCUT2D eigenvalue weighted by molar-refractivity contribution is 7.17. The summed E-state index contributed by atoms with van der Waals surface area (Å²) in [6, 6.07) is 8.30. The Bertz CT molecular complexity index is 645. The van der Waals surface area contributed by atoms with Gasteiger partial charge in [-0.3, -0.25) is 0 Å². The number of nitrogen functional groups attached to an aromatic ring is 1. The van der Waals surface area contributed by atoms with Crippen LogP contribution in [0, 0.1) is 0 Å². The third-order valence-corrected chi connectivity index (χ3v) is 3.29. The van der Waals surface area contributed by atoms with E-state index in [0.29, 0.717) is 11.6 Å². The molecule has 0 aliphatic rings. The van der Waals surface area contributed by atoms with Gasteiger partial charge in [0.1, 0.15) is 11.6 Å². The van der Waals surface area contributed by atoms with Gasteiger partial charge in [-0.25, -0.2) is 9.97 Å². The minimum Gasteiger partial charge on any atom is -0.382 e. The first-order valence-electron chi connectivity index (χ1n) is 5.13. The van der Waals surface area contributed by atoms with Gasteiger partial charge in [0.05, 0.1) is 12.4 Å². The van der Waals surface area contributed by atoms with Crippen molar-refractivity contribution in [3.8, 4) is 0 Å². The smallest absolute Gasteiger partial charge is 0.149 e. The molecule has 3 N–H and O–H groups in total. The summed E-state index contributed by atoms with van der Waals surface area (Å²) in [5.74, 6) is 1.11. The molecule has 0 aliphatic heterocycles. The fourth-order valence-electron chi connectivity index (χ4n) is 1.59. The molecule has 2 aromatic heterocycles. The lowest BCUT2D eigenvalue weighted by Gasteiger charge is -2.05. The molecule has 17 heavy (non-hydrogen) atoms. The quantitative estimate of drug-likeness (QED) is 0.725. The van der Waals surface area contributed by atoms with Gasteiger partial charge in [0.2, 0.25) is 0 Å². The van der Waals surface area contributed by atoms with E-state index in [0.717, 1.165) is 5.69 Å². The monoisotopic (exact) mass is 242 g/mol. The Morgan fingerprint density at radius 3 is 2.88 bits per heavy atom. The van der Waals surface area contributed by atoms with Crippen LogP contribution in [-0.2, 0) is 0 Å². The van der Waals surface area contributed by atoms with E-state index < -0.39 is 0 Å². The number of aromatic nitrogens is 2. The minimum absolute atomic E-state index is 0.420. The number of rotatable bonds is 2. The lowest BCUT2D eigenvalue weighted by Crippen LogP contribution is -1.96. The molecular weight excluding hydrogens is 232 g/mol. The van der Waals surface area contributed by atoms with Gasteiger partial charge >= 0.3 is 0 Å². The predicted octanol–water partition coefficient (Wildman–Crippen LogP) is 3.02. The molecule has 5 heteroatoms. The zero-order valence-corrected chi connectivity index (χ0v) is 9.74. The summed E-state index contributed by atoms with van der Waals surface area (Å²) in [5.41, 5.74) is 6.48. The van der Waals surface area contributed by atoms with Gasteiger partial charge in [0.15, 0.2) is 0 Å². The number of hydrogen-bond acceptors (Lipinski definition) is 5. The molecule has 0 saturated carbocycles. The van der Waals surface area contributed by atoms with Gasteiger partial charge in [-0.1, -0.05) is 0 Å². The summed E-state index contributed by atoms with van der Waals surface area (Å²) in [4.78, 5) is 8.13. The molecule has 0 saturated heterocycles. The second-order valence-corrected chi connectivity index (χ2v) is 4.57. The van der Waals surface area contributed by atoms with Crippen LogP contribution in [-0.4, -0.2) is 9.97 Å². The molecule has 4 nitrogen and oxygen atoms in total. The second kappa shape index (κ2) is 4.03. The topological polar surface area (TPSA) is 63.8 Å². The summed E-state index contributed by atoms with van der Waals surface area (Å²) in [7, 11) is 0. The molecule has 84 valence electrons. The maximum Gasteiger partial charge on any atom is 0.149 e. The standard InChI is InChI=1S/C12H10N4S/c13-11-6-15-12(7-14-11)16-9-1-2-10-8(5-9)3-4-17-10/h1-7H,(H2,13,14)(H,15,16). The van der Waals surface area contributed by atoms with Crippen molar-refractivity contribution < 1.29 is 0 Å². The van der Waals surface area contributed by atoms with Crippen LogP contribution in [0.2, 0.25) is 0 Å². The number of nitrogens with zero attached hydrogens (tertiary/aromatic N) is 2. The highest BCUT2D eigenvalue weighted by atomic mass is 32.1. The highest BCUT2D eigenvalue weighted by Gasteiger charge is 1.99. The van der Waals surface area contributed by atoms with Crippen molar-refractivity contribution in [2.45, 2.75) is 0 Å². The van der Waals surface area contributed by atoms with Crippen molar-refractivity contribution in [2.75, 3.05) is 11.1 Å². The number of nitrogens with two attached hydrogens (primary N) is 1. The van der Waals surface area contributed by atoms with Gasteiger partial charge in [-0.05, 0) is 35.0 Å². The Kier molecular flexibility index (Phi) is 2.38. The Morgan fingerprint density at radius 1 is 1.12 bits per heavy atom. The molecule has 0 amide bonds. The Hall–Kier alpha value is -2.14. The normalized spacial score (nSPS) is 10.6. The van der Waals surface area contributed by atoms with Crippen molar-refractivity contribution in [1.29, 1.82) is 0 Å². The van der Waals surface area contributed by atoms with Crippen LogP contribution >= 0.6 is 11.3 Å². The average molecular weight is 242 g/mol. The SMILES string of the molecule is Nc1cnc(Nc2ccc3sccc3c2)cn1. The van der Waals surface area contributed by atoms with Crippen molar-refractivity contribution in [3.63, 3.8) is 0 Å². The van der Waals surface area contributed by atoms with Crippen molar-refractivity contribution >= 4 is 38.7 Å². The third kappa shape index (κ3) is 2.05. The number of nitrogens with one attached hydrogen (secondary N) is 1. The summed E-state index contributed by atoms with van der Waals surface area (Å²) >= 11 is 1.73. The van der Waals surface area contributed by atoms with E-state index in [4.69, 9.17) is 5.73 Å². The summed E-state index contributed by atoms with van der Waals surface area (Å²) in [5, 5.41) is 6.49. The van der Waals surface area contributed by atoms with E-state index in [2.05, 4.69) is 38.9 Å². The molecule has 0 atom stereocenters. The lowest BCUT2D eigenvalue weighted by molar-refractivity contribution is 1.21. The maximum absolute atomic E-state index is 5.48. The number of thiophene rings is 1. The van der Waals surface area contributed by atoms with Crippen LogP contribution in [0.15, 0.2) is 42.0 Å². The molecule has 0 spiro atoms. The molecule has 0 fully saturated rings. The van der Waals surface area contributed by atoms with Crippen molar-refractivity contribution in [2.24, 2.45) is 0 Å². The second-order valence-electron chi connectivity index (χ2n) is 3.62. The molecule has 2 heterocycles. The van der Waals surface area contributed by atoms with E-state index in [9.17, 15) is 0 Å². The molecule has 3 aromatic rings. The highest BCUT2D eigenvalue weighted by Crippen LogP contribution is 2.25. The summed E-state index contributed by atoms with van der Waals surface area (Å²) in [6.07, 6.45) is 3.15. The van der Waals surface area contributed by atoms with Gasteiger partial charge in [0, 0.05) is 10.4 Å². The summed E-state index contributed by atoms with van der Waals surface area (Å²) in [6.45, 7) is 0. The number of anilines is 3.